The number of benzene rings is 6. The van der Waals surface area contributed by atoms with E-state index in [1.807, 2.05) is 30.6 Å². The van der Waals surface area contributed by atoms with Crippen molar-refractivity contribution in [2.45, 2.75) is 100 Å². The maximum atomic E-state index is 7.14. The summed E-state index contributed by atoms with van der Waals surface area (Å²) in [7, 11) is 0. The molecule has 9 aromatic rings. The van der Waals surface area contributed by atoms with Gasteiger partial charge in [-0.3, -0.25) is 4.98 Å². The van der Waals surface area contributed by atoms with Crippen molar-refractivity contribution in [3.8, 4) is 39.6 Å². The van der Waals surface area contributed by atoms with E-state index in [2.05, 4.69) is 196 Å². The fraction of sp³-hybridized carbons (Fsp3) is 0.242. The number of amidine groups is 1. The number of hydrogen-bond donors (Lipinski definition) is 0. The number of aliphatic imine (C=N–C) groups is 1. The maximum absolute atomic E-state index is 7.14. The number of anilines is 1. The van der Waals surface area contributed by atoms with Crippen LogP contribution in [0.15, 0.2) is 127 Å². The summed E-state index contributed by atoms with van der Waals surface area (Å²) < 4.78 is 9.35. The van der Waals surface area contributed by atoms with Crippen LogP contribution in [0.4, 0.5) is 5.69 Å². The van der Waals surface area contributed by atoms with Crippen LogP contribution in [0.5, 0.6) is 11.5 Å². The molecular weight excluding hydrogens is 1030 g/mol. The van der Waals surface area contributed by atoms with E-state index in [1.165, 1.54) is 66.8 Å². The third kappa shape index (κ3) is 7.63. The number of hydrogen-bond acceptors (Lipinski definition) is 5. The number of aryl methyl sites for hydroxylation is 8. The summed E-state index contributed by atoms with van der Waals surface area (Å²) >= 11 is 0. The Balaban J connectivity index is 0.00000553. The van der Waals surface area contributed by atoms with E-state index in [4.69, 9.17) is 19.7 Å². The van der Waals surface area contributed by atoms with Crippen molar-refractivity contribution in [2.24, 2.45) is 4.99 Å². The van der Waals surface area contributed by atoms with Crippen LogP contribution in [0.3, 0.4) is 0 Å². The Morgan fingerprint density at radius 1 is 0.623 bits per heavy atom. The second kappa shape index (κ2) is 16.8. The molecule has 4 heterocycles. The Morgan fingerprint density at radius 2 is 1.30 bits per heavy atom. The van der Waals surface area contributed by atoms with Crippen molar-refractivity contribution in [1.82, 2.24) is 14.5 Å². The van der Waals surface area contributed by atoms with Gasteiger partial charge >= 0.3 is 21.1 Å². The van der Waals surface area contributed by atoms with Crippen LogP contribution in [0.25, 0.3) is 50.0 Å². The van der Waals surface area contributed by atoms with Gasteiger partial charge in [0.25, 0.3) is 0 Å². The number of fused-ring (bicyclic) bond motifs is 9. The molecule has 6 nitrogen and oxygen atoms in total. The van der Waals surface area contributed by atoms with Crippen LogP contribution in [-0.2, 0) is 32.0 Å². The van der Waals surface area contributed by atoms with Gasteiger partial charge in [0, 0.05) is 40.4 Å². The summed E-state index contributed by atoms with van der Waals surface area (Å²) in [5.74, 6) is 1.97. The first kappa shape index (κ1) is 46.1. The van der Waals surface area contributed by atoms with Crippen LogP contribution in [0, 0.1) is 67.5 Å². The monoisotopic (exact) mass is 1080 g/mol. The molecule has 0 N–H and O–H groups in total. The Morgan fingerprint density at radius 3 is 2.03 bits per heavy atom. The van der Waals surface area contributed by atoms with E-state index in [-0.39, 0.29) is 32.5 Å². The molecule has 0 radical (unpaired) electrons. The van der Waals surface area contributed by atoms with Crippen molar-refractivity contribution >= 4 is 33.5 Å². The zero-order valence-corrected chi connectivity index (χ0v) is 43.9. The second-order valence-corrected chi connectivity index (χ2v) is 20.7. The van der Waals surface area contributed by atoms with Crippen LogP contribution in [0.2, 0.25) is 0 Å². The van der Waals surface area contributed by atoms with E-state index in [9.17, 15) is 0 Å². The number of rotatable bonds is 6. The van der Waals surface area contributed by atoms with Crippen LogP contribution < -0.4 is 9.64 Å². The van der Waals surface area contributed by atoms with Crippen molar-refractivity contribution in [2.75, 3.05) is 4.90 Å². The zero-order chi connectivity index (χ0) is 47.6. The first-order chi connectivity index (χ1) is 32.5. The number of aromatic nitrogens is 3. The van der Waals surface area contributed by atoms with Gasteiger partial charge in [-0.2, -0.15) is 0 Å². The summed E-state index contributed by atoms with van der Waals surface area (Å²) in [6, 6.07) is 46.8. The Labute approximate surface area is 421 Å². The molecule has 2 atom stereocenters. The van der Waals surface area contributed by atoms with Gasteiger partial charge in [-0.05, 0) is 149 Å². The third-order valence-corrected chi connectivity index (χ3v) is 14.2. The van der Waals surface area contributed by atoms with E-state index in [0.29, 0.717) is 11.5 Å². The van der Waals surface area contributed by atoms with Gasteiger partial charge < -0.3 is 19.2 Å². The molecule has 7 heteroatoms. The van der Waals surface area contributed by atoms with Gasteiger partial charge in [-0.15, -0.1) is 35.4 Å². The molecule has 11 rings (SSSR count). The molecule has 0 saturated heterocycles. The first-order valence-corrected chi connectivity index (χ1v) is 23.8. The molecule has 6 aromatic carbocycles. The van der Waals surface area contributed by atoms with Gasteiger partial charge in [0.2, 0.25) is 0 Å². The van der Waals surface area contributed by atoms with E-state index < -0.39 is 5.54 Å². The summed E-state index contributed by atoms with van der Waals surface area (Å²) in [5, 5.41) is 2.25. The minimum atomic E-state index is -0.660. The molecule has 2 aliphatic rings. The Bertz CT molecular complexity index is 3570. The third-order valence-electron chi connectivity index (χ3n) is 14.2. The van der Waals surface area contributed by atoms with Crippen LogP contribution in [0.1, 0.15) is 100 Å². The predicted molar refractivity (Wildman–Crippen MR) is 280 cm³/mol. The topological polar surface area (TPSA) is 55.5 Å². The number of nitrogens with zero attached hydrogens (tertiary/aromatic N) is 5. The maximum Gasteiger partial charge on any atom is 2.00 e. The standard InChI is InChI=1S/C62H57N5O.Pt/c1-35-18-19-54-50(26-35)49-16-15-21-64-60(49)66(54)46-32-45(61(9,10)11)33-48(34-46)68-47-30-43(53-17-13-14-20-63-53)29-44(31-47)59-65-62(12)52-28-38(4)23-40(6)56(52)55-39(5)22-37(3)27-51(55)58(62)67(59)57-41(7)24-36(2)25-42(57)8;/h13-30,32-33,58H,1-12H3;/q-2;+2/t58-,62+;/m0./s1. The molecule has 0 bridgehead atoms. The molecule has 0 saturated carbocycles. The first-order valence-electron chi connectivity index (χ1n) is 23.8. The molecule has 3 aromatic heterocycles. The Hall–Kier alpha value is -6.62. The van der Waals surface area contributed by atoms with E-state index in [0.717, 1.165) is 61.5 Å². The number of pyridine rings is 2. The van der Waals surface area contributed by atoms with Gasteiger partial charge in [0.15, 0.2) is 0 Å². The largest absolute Gasteiger partial charge is 2.00 e. The molecule has 346 valence electrons. The summed E-state index contributed by atoms with van der Waals surface area (Å²) in [5.41, 5.74) is 21.7. The molecule has 0 spiro atoms. The van der Waals surface area contributed by atoms with Crippen LogP contribution in [-0.4, -0.2) is 20.4 Å². The van der Waals surface area contributed by atoms with E-state index >= 15 is 0 Å². The molecule has 1 aliphatic carbocycles. The molecule has 0 unspecified atom stereocenters. The van der Waals surface area contributed by atoms with Crippen molar-refractivity contribution in [3.63, 3.8) is 0 Å². The summed E-state index contributed by atoms with van der Waals surface area (Å²) in [4.78, 5) is 18.4. The second-order valence-electron chi connectivity index (χ2n) is 20.7. The minimum Gasteiger partial charge on any atom is -0.503 e. The average Bonchev–Trinajstić information content (AvgIpc) is 3.78. The summed E-state index contributed by atoms with van der Waals surface area (Å²) in [6.07, 6.45) is 3.71. The van der Waals surface area contributed by atoms with Gasteiger partial charge in [0.05, 0.1) is 28.6 Å². The SMILES string of the molecule is Cc1cc(C)c(N2C(c3[c-]c(Oc4[c-]c(-n5c6ccc(C)cc6c6cccnc65)cc(C(C)(C)C)c4)cc(-c4ccccn4)c3)=N[C@]3(C)c4cc(C)cc(C)c4-c4c(C)cc(C)cc4[C@H]23)c(C)c1.[Pt+2]. The molecule has 0 fully saturated rings. The number of ether oxygens (including phenoxy) is 1. The van der Waals surface area contributed by atoms with Crippen LogP contribution >= 0.6 is 0 Å². The fourth-order valence-electron chi connectivity index (χ4n) is 11.5. The van der Waals surface area contributed by atoms with Crippen molar-refractivity contribution in [3.05, 3.63) is 200 Å². The quantitative estimate of drug-likeness (QED) is 0.156. The van der Waals surface area contributed by atoms with E-state index in [1.54, 1.807) is 0 Å². The molecule has 1 aliphatic heterocycles. The van der Waals surface area contributed by atoms with Gasteiger partial charge in [-0.25, -0.2) is 4.98 Å². The molecular formula is C62H57N5OPt. The molecule has 0 amide bonds. The van der Waals surface area contributed by atoms with Crippen molar-refractivity contribution in [1.29, 1.82) is 0 Å². The van der Waals surface area contributed by atoms with Crippen molar-refractivity contribution < 1.29 is 25.8 Å². The smallest absolute Gasteiger partial charge is 0.503 e. The summed E-state index contributed by atoms with van der Waals surface area (Å²) in [6.45, 7) is 26.8. The minimum absolute atomic E-state index is 0. The zero-order valence-electron chi connectivity index (χ0n) is 41.6. The Kier molecular flexibility index (Phi) is 11.2. The predicted octanol–water partition coefficient (Wildman–Crippen LogP) is 15.3. The average molecular weight is 1080 g/mol. The normalized spacial score (nSPS) is 16.3. The van der Waals surface area contributed by atoms with Gasteiger partial charge in [-0.1, -0.05) is 115 Å². The molecule has 69 heavy (non-hydrogen) atoms. The van der Waals surface area contributed by atoms with Gasteiger partial charge in [0.1, 0.15) is 5.65 Å². The fourth-order valence-corrected chi connectivity index (χ4v) is 11.5.